The Morgan fingerprint density at radius 3 is 2.33 bits per heavy atom. The lowest BCUT2D eigenvalue weighted by Gasteiger charge is -2.13. The van der Waals surface area contributed by atoms with Crippen molar-refractivity contribution in [1.29, 1.82) is 0 Å². The molecule has 0 bridgehead atoms. The predicted molar refractivity (Wildman–Crippen MR) is 110 cm³/mol. The highest BCUT2D eigenvalue weighted by atomic mass is 35.5. The predicted octanol–water partition coefficient (Wildman–Crippen LogP) is 6.38. The monoisotopic (exact) mass is 511 g/mol. The number of alkyl halides is 3. The molecule has 0 radical (unpaired) electrons. The highest BCUT2D eigenvalue weighted by Crippen LogP contribution is 2.41. The maximum Gasteiger partial charge on any atom is 0.427 e. The van der Waals surface area contributed by atoms with Gasteiger partial charge in [-0.15, -0.1) is 0 Å². The lowest BCUT2D eigenvalue weighted by Crippen LogP contribution is -2.11. The van der Waals surface area contributed by atoms with Gasteiger partial charge < -0.3 is 14.6 Å². The summed E-state index contributed by atoms with van der Waals surface area (Å²) in [6, 6.07) is 5.22. The molecule has 0 saturated heterocycles. The van der Waals surface area contributed by atoms with Crippen LogP contribution in [0.25, 0.3) is 11.3 Å². The number of aryl methyl sites for hydroxylation is 1. The molecule has 12 heteroatoms. The van der Waals surface area contributed by atoms with Gasteiger partial charge in [0.25, 0.3) is 0 Å². The molecule has 0 spiro atoms. The van der Waals surface area contributed by atoms with Gasteiger partial charge in [-0.25, -0.2) is 13.2 Å². The third-order valence-electron chi connectivity index (χ3n) is 4.60. The van der Waals surface area contributed by atoms with Gasteiger partial charge in [0.05, 0.1) is 5.69 Å². The normalized spacial score (nSPS) is 12.8. The third kappa shape index (κ3) is 5.97. The molecular weight excluding hydrogens is 496 g/mol. The van der Waals surface area contributed by atoms with E-state index < -0.39 is 52.7 Å². The zero-order valence-corrected chi connectivity index (χ0v) is 18.4. The van der Waals surface area contributed by atoms with Gasteiger partial charge in [-0.05, 0) is 53.8 Å². The van der Waals surface area contributed by atoms with E-state index in [-0.39, 0.29) is 46.2 Å². The van der Waals surface area contributed by atoms with Crippen molar-refractivity contribution in [2.75, 3.05) is 7.11 Å². The van der Waals surface area contributed by atoms with Crippen LogP contribution in [0, 0.1) is 17.5 Å². The number of methoxy groups -OCH3 is 1. The molecule has 0 aliphatic rings. The zero-order valence-electron chi connectivity index (χ0n) is 16.9. The number of aliphatic hydroxyl groups is 1. The first kappa shape index (κ1) is 25.3. The Bertz CT molecular complexity index is 1110. The van der Waals surface area contributed by atoms with Crippen LogP contribution >= 0.6 is 23.1 Å². The second-order valence-corrected chi connectivity index (χ2v) is 8.08. The van der Waals surface area contributed by atoms with Gasteiger partial charge in [-0.1, -0.05) is 11.6 Å². The van der Waals surface area contributed by atoms with Crippen molar-refractivity contribution in [2.45, 2.75) is 31.9 Å². The van der Waals surface area contributed by atoms with E-state index in [0.717, 1.165) is 24.3 Å². The molecule has 0 saturated carbocycles. The van der Waals surface area contributed by atoms with Gasteiger partial charge in [-0.3, -0.25) is 0 Å². The van der Waals surface area contributed by atoms with Crippen LogP contribution in [0.1, 0.15) is 22.4 Å². The van der Waals surface area contributed by atoms with E-state index in [4.69, 9.17) is 16.3 Å². The van der Waals surface area contributed by atoms with Crippen LogP contribution < -0.4 is 4.74 Å². The van der Waals surface area contributed by atoms with Crippen LogP contribution in [0.5, 0.6) is 5.75 Å². The number of aliphatic hydroxyl groups excluding tert-OH is 1. The molecule has 0 aliphatic carbocycles. The first-order chi connectivity index (χ1) is 15.5. The number of rotatable bonds is 8. The Labute approximate surface area is 193 Å². The number of aromatic nitrogens is 1. The SMILES string of the molecule is COC(O)CCc1cc(F)c(OCc2c(-c3ccc(Cl)cc3F)nsc2C(F)(F)F)c(F)c1. The van der Waals surface area contributed by atoms with Crippen LogP contribution in [0.15, 0.2) is 30.3 Å². The summed E-state index contributed by atoms with van der Waals surface area (Å²) < 4.78 is 97.1. The number of nitrogens with zero attached hydrogens (tertiary/aromatic N) is 1. The largest absolute Gasteiger partial charge is 0.483 e. The molecule has 3 aromatic rings. The van der Waals surface area contributed by atoms with Crippen LogP contribution in [-0.4, -0.2) is 22.9 Å². The molecule has 0 amide bonds. The topological polar surface area (TPSA) is 51.6 Å². The van der Waals surface area contributed by atoms with Crippen molar-refractivity contribution < 1.29 is 40.9 Å². The van der Waals surface area contributed by atoms with E-state index in [9.17, 15) is 31.4 Å². The zero-order chi connectivity index (χ0) is 24.3. The van der Waals surface area contributed by atoms with Crippen LogP contribution in [0.4, 0.5) is 26.3 Å². The summed E-state index contributed by atoms with van der Waals surface area (Å²) >= 11 is 5.76. The highest BCUT2D eigenvalue weighted by Gasteiger charge is 2.38. The fourth-order valence-corrected chi connectivity index (χ4v) is 3.93. The molecule has 178 valence electrons. The van der Waals surface area contributed by atoms with Gasteiger partial charge in [0, 0.05) is 29.7 Å². The Kier molecular flexibility index (Phi) is 7.88. The number of ether oxygens (including phenoxy) is 2. The summed E-state index contributed by atoms with van der Waals surface area (Å²) in [6.07, 6.45) is -5.82. The molecule has 1 aromatic heterocycles. The maximum absolute atomic E-state index is 14.4. The molecule has 0 aliphatic heterocycles. The molecule has 1 atom stereocenters. The van der Waals surface area contributed by atoms with E-state index in [1.54, 1.807) is 0 Å². The van der Waals surface area contributed by atoms with Crippen molar-refractivity contribution in [3.8, 4) is 17.0 Å². The highest BCUT2D eigenvalue weighted by molar-refractivity contribution is 7.06. The van der Waals surface area contributed by atoms with E-state index in [2.05, 4.69) is 9.11 Å². The van der Waals surface area contributed by atoms with Crippen LogP contribution in [-0.2, 0) is 23.9 Å². The number of hydrogen-bond acceptors (Lipinski definition) is 5. The third-order valence-corrected chi connectivity index (χ3v) is 5.77. The number of benzene rings is 2. The van der Waals surface area contributed by atoms with Crippen molar-refractivity contribution >= 4 is 23.1 Å². The van der Waals surface area contributed by atoms with Gasteiger partial charge in [0.1, 0.15) is 17.3 Å². The van der Waals surface area contributed by atoms with Crippen LogP contribution in [0.2, 0.25) is 5.02 Å². The minimum absolute atomic E-state index is 0.0302. The molecular formula is C21H16ClF6NO3S. The molecule has 33 heavy (non-hydrogen) atoms. The molecule has 1 unspecified atom stereocenters. The molecule has 1 heterocycles. The summed E-state index contributed by atoms with van der Waals surface area (Å²) in [5, 5.41) is 9.41. The molecule has 4 nitrogen and oxygen atoms in total. The Balaban J connectivity index is 1.91. The van der Waals surface area contributed by atoms with Gasteiger partial charge in [-0.2, -0.15) is 17.5 Å². The van der Waals surface area contributed by atoms with Crippen molar-refractivity contribution in [3.63, 3.8) is 0 Å². The van der Waals surface area contributed by atoms with Gasteiger partial charge in [0.15, 0.2) is 23.7 Å². The number of hydrogen-bond donors (Lipinski definition) is 1. The molecule has 0 fully saturated rings. The Hall–Kier alpha value is -2.34. The fraction of sp³-hybridized carbons (Fsp3) is 0.286. The minimum Gasteiger partial charge on any atom is -0.483 e. The average Bonchev–Trinajstić information content (AvgIpc) is 3.15. The lowest BCUT2D eigenvalue weighted by molar-refractivity contribution is -0.135. The smallest absolute Gasteiger partial charge is 0.427 e. The summed E-state index contributed by atoms with van der Waals surface area (Å²) in [7, 11) is 1.27. The van der Waals surface area contributed by atoms with E-state index in [1.807, 2.05) is 0 Å². The minimum atomic E-state index is -4.85. The summed E-state index contributed by atoms with van der Waals surface area (Å²) in [5.41, 5.74) is -1.02. The van der Waals surface area contributed by atoms with Gasteiger partial charge in [0.2, 0.25) is 0 Å². The summed E-state index contributed by atoms with van der Waals surface area (Å²) in [4.78, 5) is -1.18. The van der Waals surface area contributed by atoms with E-state index in [0.29, 0.717) is 0 Å². The number of halogens is 7. The first-order valence-electron chi connectivity index (χ1n) is 9.34. The first-order valence-corrected chi connectivity index (χ1v) is 10.5. The van der Waals surface area contributed by atoms with Crippen molar-refractivity contribution in [2.24, 2.45) is 0 Å². The summed E-state index contributed by atoms with van der Waals surface area (Å²) in [5.74, 6) is -4.10. The van der Waals surface area contributed by atoms with E-state index >= 15 is 0 Å². The summed E-state index contributed by atoms with van der Waals surface area (Å²) in [6.45, 7) is -0.918. The Morgan fingerprint density at radius 1 is 1.09 bits per heavy atom. The van der Waals surface area contributed by atoms with Crippen molar-refractivity contribution in [3.05, 3.63) is 68.8 Å². The quantitative estimate of drug-likeness (QED) is 0.282. The standard InChI is InChI=1S/C21H16ClF6NO3S/c1-31-17(30)5-2-10-6-15(24)19(16(25)7-10)32-9-13-18(29-33-20(13)21(26,27)28)12-4-3-11(22)8-14(12)23/h3-4,6-8,17,30H,2,5,9H2,1H3. The molecule has 2 aromatic carbocycles. The van der Waals surface area contributed by atoms with E-state index in [1.165, 1.54) is 13.2 Å². The van der Waals surface area contributed by atoms with Crippen molar-refractivity contribution in [1.82, 2.24) is 4.37 Å². The average molecular weight is 512 g/mol. The molecule has 3 rings (SSSR count). The fourth-order valence-electron chi connectivity index (χ4n) is 3.01. The van der Waals surface area contributed by atoms with Crippen LogP contribution in [0.3, 0.4) is 0 Å². The van der Waals surface area contributed by atoms with Gasteiger partial charge >= 0.3 is 6.18 Å². The lowest BCUT2D eigenvalue weighted by atomic mass is 10.1. The maximum atomic E-state index is 14.4. The Morgan fingerprint density at radius 2 is 1.76 bits per heavy atom. The second-order valence-electron chi connectivity index (χ2n) is 6.87. The molecule has 1 N–H and O–H groups in total. The second kappa shape index (κ2) is 10.3.